The summed E-state index contributed by atoms with van der Waals surface area (Å²) in [6.45, 7) is 1.96. The van der Waals surface area contributed by atoms with Crippen LogP contribution in [0.25, 0.3) is 11.0 Å². The third-order valence-corrected chi connectivity index (χ3v) is 4.18. The van der Waals surface area contributed by atoms with Gasteiger partial charge in [-0.2, -0.15) is 13.2 Å². The molecule has 3 aromatic rings. The van der Waals surface area contributed by atoms with E-state index in [1.165, 1.54) is 6.07 Å². The van der Waals surface area contributed by atoms with Gasteiger partial charge in [-0.1, -0.05) is 37.3 Å². The minimum absolute atomic E-state index is 0.0313. The fraction of sp³-hybridized carbons (Fsp3) is 0.263. The van der Waals surface area contributed by atoms with E-state index in [1.54, 1.807) is 24.3 Å². The van der Waals surface area contributed by atoms with Gasteiger partial charge in [-0.05, 0) is 30.2 Å². The lowest BCUT2D eigenvalue weighted by molar-refractivity contribution is -0.146. The van der Waals surface area contributed by atoms with Crippen LogP contribution in [0.2, 0.25) is 0 Å². The summed E-state index contributed by atoms with van der Waals surface area (Å²) in [5.41, 5.74) is 2.31. The van der Waals surface area contributed by atoms with Gasteiger partial charge in [0.25, 0.3) is 0 Å². The van der Waals surface area contributed by atoms with E-state index in [2.05, 4.69) is 15.6 Å². The molecule has 0 aliphatic heterocycles. The first-order valence-electron chi connectivity index (χ1n) is 8.55. The lowest BCUT2D eigenvalue weighted by Gasteiger charge is -2.13. The van der Waals surface area contributed by atoms with Crippen molar-refractivity contribution in [3.8, 4) is 0 Å². The Morgan fingerprint density at radius 1 is 1.11 bits per heavy atom. The third kappa shape index (κ3) is 4.21. The van der Waals surface area contributed by atoms with E-state index in [9.17, 15) is 18.0 Å². The van der Waals surface area contributed by atoms with Crippen molar-refractivity contribution in [1.29, 1.82) is 0 Å². The largest absolute Gasteiger partial charge is 0.449 e. The highest BCUT2D eigenvalue weighted by Gasteiger charge is 2.37. The van der Waals surface area contributed by atoms with E-state index >= 15 is 0 Å². The Morgan fingerprint density at radius 3 is 2.56 bits per heavy atom. The van der Waals surface area contributed by atoms with Gasteiger partial charge in [-0.25, -0.2) is 9.78 Å². The molecule has 0 saturated heterocycles. The number of imidazole rings is 1. The average molecular weight is 376 g/mol. The molecule has 2 aromatic carbocycles. The zero-order valence-electron chi connectivity index (χ0n) is 14.7. The molecule has 2 N–H and O–H groups in total. The monoisotopic (exact) mass is 376 g/mol. The Hall–Kier alpha value is -3.03. The lowest BCUT2D eigenvalue weighted by Crippen LogP contribution is -2.32. The van der Waals surface area contributed by atoms with Gasteiger partial charge in [0.2, 0.25) is 5.82 Å². The highest BCUT2D eigenvalue weighted by Crippen LogP contribution is 2.31. The van der Waals surface area contributed by atoms with Gasteiger partial charge < -0.3 is 15.2 Å². The second-order valence-corrected chi connectivity index (χ2v) is 5.97. The maximum atomic E-state index is 13.3. The number of halogens is 3. The Bertz CT molecular complexity index is 950. The topological polar surface area (TPSA) is 59.0 Å². The first kappa shape index (κ1) is 18.8. The van der Waals surface area contributed by atoms with E-state index in [4.69, 9.17) is 0 Å². The Kier molecular flexibility index (Phi) is 5.34. The standard InChI is InChI=1S/C19H19F3N4O/c1-2-13-7-3-4-8-14(13)25-18(27)23-11-12-26-16-10-6-5-9-15(16)24-17(26)19(20,21)22/h3-10H,2,11-12H2,1H3,(H2,23,25,27). The van der Waals surface area contributed by atoms with Gasteiger partial charge in [-0.15, -0.1) is 0 Å². The van der Waals surface area contributed by atoms with Crippen molar-refractivity contribution in [1.82, 2.24) is 14.9 Å². The number of carbonyl (C=O) groups is 1. The zero-order valence-corrected chi connectivity index (χ0v) is 14.7. The van der Waals surface area contributed by atoms with Crippen molar-refractivity contribution in [3.05, 3.63) is 59.9 Å². The minimum Gasteiger partial charge on any atom is -0.336 e. The molecule has 5 nitrogen and oxygen atoms in total. The van der Waals surface area contributed by atoms with Gasteiger partial charge in [0.1, 0.15) is 0 Å². The molecule has 0 aliphatic rings. The highest BCUT2D eigenvalue weighted by atomic mass is 19.4. The van der Waals surface area contributed by atoms with Crippen molar-refractivity contribution in [2.75, 3.05) is 11.9 Å². The molecule has 2 amide bonds. The Morgan fingerprint density at radius 2 is 1.81 bits per heavy atom. The third-order valence-electron chi connectivity index (χ3n) is 4.18. The number of para-hydroxylation sites is 3. The molecular weight excluding hydrogens is 357 g/mol. The summed E-state index contributed by atoms with van der Waals surface area (Å²) < 4.78 is 40.9. The van der Waals surface area contributed by atoms with Crippen molar-refractivity contribution >= 4 is 22.8 Å². The Labute approximate surface area is 154 Å². The molecule has 0 radical (unpaired) electrons. The van der Waals surface area contributed by atoms with E-state index in [-0.39, 0.29) is 18.6 Å². The van der Waals surface area contributed by atoms with Crippen LogP contribution in [-0.2, 0) is 19.1 Å². The summed E-state index contributed by atoms with van der Waals surface area (Å²) in [5.74, 6) is -0.970. The maximum Gasteiger partial charge on any atom is 0.449 e. The molecule has 0 atom stereocenters. The number of benzene rings is 2. The number of hydrogen-bond acceptors (Lipinski definition) is 2. The first-order valence-corrected chi connectivity index (χ1v) is 8.55. The van der Waals surface area contributed by atoms with Crippen LogP contribution in [0.3, 0.4) is 0 Å². The molecule has 0 spiro atoms. The number of alkyl halides is 3. The second kappa shape index (κ2) is 7.69. The van der Waals surface area contributed by atoms with Crippen LogP contribution in [0, 0.1) is 0 Å². The van der Waals surface area contributed by atoms with Crippen LogP contribution in [0.15, 0.2) is 48.5 Å². The van der Waals surface area contributed by atoms with Crippen LogP contribution < -0.4 is 10.6 Å². The van der Waals surface area contributed by atoms with E-state index < -0.39 is 18.0 Å². The fourth-order valence-corrected chi connectivity index (χ4v) is 2.92. The summed E-state index contributed by atoms with van der Waals surface area (Å²) in [5, 5.41) is 5.32. The molecule has 0 fully saturated rings. The number of nitrogens with zero attached hydrogens (tertiary/aromatic N) is 2. The summed E-state index contributed by atoms with van der Waals surface area (Å²) in [6.07, 6.45) is -3.81. The maximum absolute atomic E-state index is 13.3. The van der Waals surface area contributed by atoms with Crippen LogP contribution in [-0.4, -0.2) is 22.1 Å². The summed E-state index contributed by atoms with van der Waals surface area (Å²) in [7, 11) is 0. The van der Waals surface area contributed by atoms with Crippen LogP contribution in [0.1, 0.15) is 18.3 Å². The smallest absolute Gasteiger partial charge is 0.336 e. The lowest BCUT2D eigenvalue weighted by atomic mass is 10.1. The molecule has 0 bridgehead atoms. The molecule has 27 heavy (non-hydrogen) atoms. The predicted molar refractivity (Wildman–Crippen MR) is 97.6 cm³/mol. The van der Waals surface area contributed by atoms with Gasteiger partial charge >= 0.3 is 12.2 Å². The summed E-state index contributed by atoms with van der Waals surface area (Å²) >= 11 is 0. The van der Waals surface area contributed by atoms with Crippen molar-refractivity contribution in [2.24, 2.45) is 0 Å². The van der Waals surface area contributed by atoms with E-state index in [0.29, 0.717) is 11.2 Å². The number of aryl methyl sites for hydroxylation is 1. The Balaban J connectivity index is 1.69. The van der Waals surface area contributed by atoms with Gasteiger partial charge in [0, 0.05) is 18.8 Å². The number of aromatic nitrogens is 2. The summed E-state index contributed by atoms with van der Waals surface area (Å²) in [4.78, 5) is 15.8. The van der Waals surface area contributed by atoms with Crippen LogP contribution in [0.4, 0.5) is 23.7 Å². The molecule has 0 aliphatic carbocycles. The number of carbonyl (C=O) groups excluding carboxylic acids is 1. The highest BCUT2D eigenvalue weighted by molar-refractivity contribution is 5.90. The molecular formula is C19H19F3N4O. The molecule has 1 aromatic heterocycles. The van der Waals surface area contributed by atoms with E-state index in [0.717, 1.165) is 16.6 Å². The minimum atomic E-state index is -4.57. The number of nitrogens with one attached hydrogen (secondary N) is 2. The number of urea groups is 1. The second-order valence-electron chi connectivity index (χ2n) is 5.97. The van der Waals surface area contributed by atoms with Crippen LogP contribution >= 0.6 is 0 Å². The molecule has 8 heteroatoms. The average Bonchev–Trinajstić information content (AvgIpc) is 3.01. The van der Waals surface area contributed by atoms with Crippen molar-refractivity contribution < 1.29 is 18.0 Å². The normalized spacial score (nSPS) is 11.6. The van der Waals surface area contributed by atoms with Gasteiger partial charge in [0.05, 0.1) is 11.0 Å². The van der Waals surface area contributed by atoms with Crippen LogP contribution in [0.5, 0.6) is 0 Å². The number of anilines is 1. The van der Waals surface area contributed by atoms with Crippen molar-refractivity contribution in [3.63, 3.8) is 0 Å². The summed E-state index contributed by atoms with van der Waals surface area (Å²) in [6, 6.07) is 13.3. The zero-order chi connectivity index (χ0) is 19.4. The molecule has 0 unspecified atom stereocenters. The number of amides is 2. The van der Waals surface area contributed by atoms with E-state index in [1.807, 2.05) is 25.1 Å². The number of hydrogen-bond donors (Lipinski definition) is 2. The molecule has 1 heterocycles. The first-order chi connectivity index (χ1) is 12.9. The predicted octanol–water partition coefficient (Wildman–Crippen LogP) is 4.44. The fourth-order valence-electron chi connectivity index (χ4n) is 2.92. The van der Waals surface area contributed by atoms with Crippen molar-refractivity contribution in [2.45, 2.75) is 26.1 Å². The SMILES string of the molecule is CCc1ccccc1NC(=O)NCCn1c(C(F)(F)F)nc2ccccc21. The molecule has 3 rings (SSSR count). The number of fused-ring (bicyclic) bond motifs is 1. The number of rotatable bonds is 5. The molecule has 142 valence electrons. The quantitative estimate of drug-likeness (QED) is 0.692. The van der Waals surface area contributed by atoms with Gasteiger partial charge in [-0.3, -0.25) is 0 Å². The molecule has 0 saturated carbocycles. The van der Waals surface area contributed by atoms with Gasteiger partial charge in [0.15, 0.2) is 0 Å².